The van der Waals surface area contributed by atoms with Crippen LogP contribution in [0.2, 0.25) is 0 Å². The van der Waals surface area contributed by atoms with Crippen LogP contribution in [0.25, 0.3) is 0 Å². The van der Waals surface area contributed by atoms with E-state index in [0.717, 1.165) is 35.7 Å². The summed E-state index contributed by atoms with van der Waals surface area (Å²) in [5.74, 6) is -0.521. The van der Waals surface area contributed by atoms with Gasteiger partial charge in [0.15, 0.2) is 0 Å². The number of carbonyl (C=O) groups is 1. The van der Waals surface area contributed by atoms with Gasteiger partial charge >= 0.3 is 0 Å². The Morgan fingerprint density at radius 1 is 0.944 bits per heavy atom. The van der Waals surface area contributed by atoms with Crippen LogP contribution in [-0.2, 0) is 16.6 Å². The number of rotatable bonds is 10. The Bertz CT molecular complexity index is 1420. The molecule has 36 heavy (non-hydrogen) atoms. The maximum Gasteiger partial charge on any atom is 0.273 e. The fraction of sp³-hybridized carbons (Fsp3) is 0.111. The number of hydrogen-bond donors (Lipinski definition) is 2. The van der Waals surface area contributed by atoms with Gasteiger partial charge in [0.25, 0.3) is 15.9 Å². The van der Waals surface area contributed by atoms with Crippen molar-refractivity contribution in [2.75, 3.05) is 16.2 Å². The minimum atomic E-state index is -3.78. The number of amides is 1. The standard InChI is InChI=1S/C27H26N4O3S2/c1-2-31(20-22-9-4-3-5-10-22)23-16-14-21(15-17-23)19-28-29-27(32)24-11-6-7-12-25(24)30-36(33,34)26-13-8-18-35-26/h3-19,30H,2,20H2,1H3,(H,29,32)/b28-19-. The van der Waals surface area contributed by atoms with Gasteiger partial charge in [-0.15, -0.1) is 11.3 Å². The second kappa shape index (κ2) is 11.7. The normalized spacial score (nSPS) is 11.4. The minimum absolute atomic E-state index is 0.171. The van der Waals surface area contributed by atoms with Crippen molar-refractivity contribution in [1.29, 1.82) is 0 Å². The Balaban J connectivity index is 1.40. The van der Waals surface area contributed by atoms with Gasteiger partial charge in [0, 0.05) is 18.8 Å². The smallest absolute Gasteiger partial charge is 0.273 e. The zero-order valence-corrected chi connectivity index (χ0v) is 21.3. The van der Waals surface area contributed by atoms with E-state index < -0.39 is 15.9 Å². The highest BCUT2D eigenvalue weighted by molar-refractivity contribution is 7.94. The average molecular weight is 519 g/mol. The van der Waals surface area contributed by atoms with Crippen LogP contribution >= 0.6 is 11.3 Å². The summed E-state index contributed by atoms with van der Waals surface area (Å²) in [4.78, 5) is 15.0. The second-order valence-electron chi connectivity index (χ2n) is 7.87. The predicted octanol–water partition coefficient (Wildman–Crippen LogP) is 5.34. The van der Waals surface area contributed by atoms with Crippen molar-refractivity contribution in [1.82, 2.24) is 5.43 Å². The molecular weight excluding hydrogens is 492 g/mol. The Morgan fingerprint density at radius 2 is 1.67 bits per heavy atom. The van der Waals surface area contributed by atoms with Gasteiger partial charge in [-0.1, -0.05) is 60.7 Å². The summed E-state index contributed by atoms with van der Waals surface area (Å²) >= 11 is 1.10. The van der Waals surface area contributed by atoms with Crippen LogP contribution in [0.3, 0.4) is 0 Å². The highest BCUT2D eigenvalue weighted by Crippen LogP contribution is 2.23. The molecule has 0 spiro atoms. The minimum Gasteiger partial charge on any atom is -0.367 e. The maximum atomic E-state index is 12.7. The Hall–Kier alpha value is -3.95. The molecule has 0 saturated carbocycles. The third-order valence-corrected chi connectivity index (χ3v) is 8.17. The number of hydrazone groups is 1. The van der Waals surface area contributed by atoms with E-state index >= 15 is 0 Å². The summed E-state index contributed by atoms with van der Waals surface area (Å²) in [7, 11) is -3.78. The molecule has 1 heterocycles. The molecule has 0 bridgehead atoms. The van der Waals surface area contributed by atoms with Gasteiger partial charge in [0.1, 0.15) is 4.21 Å². The van der Waals surface area contributed by atoms with Gasteiger partial charge in [0.2, 0.25) is 0 Å². The van der Waals surface area contributed by atoms with Crippen molar-refractivity contribution in [3.05, 3.63) is 113 Å². The van der Waals surface area contributed by atoms with Crippen molar-refractivity contribution in [3.63, 3.8) is 0 Å². The van der Waals surface area contributed by atoms with E-state index in [4.69, 9.17) is 0 Å². The molecule has 2 N–H and O–H groups in total. The Labute approximate surface area is 215 Å². The second-order valence-corrected chi connectivity index (χ2v) is 10.7. The van der Waals surface area contributed by atoms with E-state index in [2.05, 4.69) is 39.2 Å². The summed E-state index contributed by atoms with van der Waals surface area (Å²) < 4.78 is 27.8. The molecule has 0 unspecified atom stereocenters. The summed E-state index contributed by atoms with van der Waals surface area (Å²) in [6.07, 6.45) is 1.55. The van der Waals surface area contributed by atoms with E-state index in [1.807, 2.05) is 42.5 Å². The Morgan fingerprint density at radius 3 is 2.36 bits per heavy atom. The SMILES string of the molecule is CCN(Cc1ccccc1)c1ccc(/C=N\NC(=O)c2ccccc2NS(=O)(=O)c2cccs2)cc1. The number of carbonyl (C=O) groups excluding carboxylic acids is 1. The molecule has 0 aliphatic rings. The number of hydrogen-bond acceptors (Lipinski definition) is 6. The van der Waals surface area contributed by atoms with E-state index in [1.54, 1.807) is 29.8 Å². The van der Waals surface area contributed by atoms with Crippen molar-refractivity contribution >= 4 is 44.9 Å². The lowest BCUT2D eigenvalue weighted by Gasteiger charge is -2.23. The summed E-state index contributed by atoms with van der Waals surface area (Å²) in [6, 6.07) is 27.8. The van der Waals surface area contributed by atoms with Crippen LogP contribution in [0.1, 0.15) is 28.4 Å². The summed E-state index contributed by atoms with van der Waals surface area (Å²) in [5, 5.41) is 5.73. The fourth-order valence-corrected chi connectivity index (χ4v) is 5.64. The number of nitrogens with one attached hydrogen (secondary N) is 2. The molecule has 0 aliphatic carbocycles. The zero-order valence-electron chi connectivity index (χ0n) is 19.7. The fourth-order valence-electron chi connectivity index (χ4n) is 3.57. The van der Waals surface area contributed by atoms with Crippen LogP contribution < -0.4 is 15.0 Å². The van der Waals surface area contributed by atoms with E-state index in [-0.39, 0.29) is 15.5 Å². The van der Waals surface area contributed by atoms with Gasteiger partial charge in [-0.3, -0.25) is 9.52 Å². The third-order valence-electron chi connectivity index (χ3n) is 5.41. The molecule has 0 saturated heterocycles. The van der Waals surface area contributed by atoms with Gasteiger partial charge in [0.05, 0.1) is 17.5 Å². The van der Waals surface area contributed by atoms with Crippen molar-refractivity contribution in [2.24, 2.45) is 5.10 Å². The van der Waals surface area contributed by atoms with E-state index in [1.165, 1.54) is 23.8 Å². The van der Waals surface area contributed by atoms with Crippen LogP contribution in [0.15, 0.2) is 106 Å². The third kappa shape index (κ3) is 6.38. The molecule has 1 amide bonds. The van der Waals surface area contributed by atoms with Crippen molar-refractivity contribution in [2.45, 2.75) is 17.7 Å². The molecule has 1 aromatic heterocycles. The number of para-hydroxylation sites is 1. The van der Waals surface area contributed by atoms with Crippen LogP contribution in [0.5, 0.6) is 0 Å². The molecular formula is C27H26N4O3S2. The average Bonchev–Trinajstić information content (AvgIpc) is 3.45. The van der Waals surface area contributed by atoms with Crippen molar-refractivity contribution < 1.29 is 13.2 Å². The zero-order chi connectivity index (χ0) is 25.4. The molecule has 184 valence electrons. The first-order chi connectivity index (χ1) is 17.5. The van der Waals surface area contributed by atoms with Crippen LogP contribution in [0.4, 0.5) is 11.4 Å². The number of benzene rings is 3. The molecule has 9 heteroatoms. The lowest BCUT2D eigenvalue weighted by atomic mass is 10.1. The quantitative estimate of drug-likeness (QED) is 0.219. The van der Waals surface area contributed by atoms with Gasteiger partial charge in [-0.25, -0.2) is 13.8 Å². The number of anilines is 2. The van der Waals surface area contributed by atoms with E-state index in [9.17, 15) is 13.2 Å². The molecule has 4 aromatic rings. The van der Waals surface area contributed by atoms with Gasteiger partial charge < -0.3 is 4.90 Å². The molecule has 0 atom stereocenters. The molecule has 0 fully saturated rings. The first-order valence-corrected chi connectivity index (χ1v) is 13.7. The predicted molar refractivity (Wildman–Crippen MR) is 146 cm³/mol. The molecule has 3 aromatic carbocycles. The summed E-state index contributed by atoms with van der Waals surface area (Å²) in [6.45, 7) is 3.80. The topological polar surface area (TPSA) is 90.9 Å². The number of nitrogens with zero attached hydrogens (tertiary/aromatic N) is 2. The van der Waals surface area contributed by atoms with E-state index in [0.29, 0.717) is 0 Å². The van der Waals surface area contributed by atoms with Gasteiger partial charge in [-0.05, 0) is 53.8 Å². The highest BCUT2D eigenvalue weighted by atomic mass is 32.2. The van der Waals surface area contributed by atoms with Crippen LogP contribution in [0, 0.1) is 0 Å². The molecule has 7 nitrogen and oxygen atoms in total. The largest absolute Gasteiger partial charge is 0.367 e. The monoisotopic (exact) mass is 518 g/mol. The number of sulfonamides is 1. The lowest BCUT2D eigenvalue weighted by Crippen LogP contribution is -2.22. The molecule has 0 radical (unpaired) electrons. The lowest BCUT2D eigenvalue weighted by molar-refractivity contribution is 0.0956. The van der Waals surface area contributed by atoms with Crippen LogP contribution in [-0.4, -0.2) is 27.1 Å². The first kappa shape index (κ1) is 25.2. The van der Waals surface area contributed by atoms with Gasteiger partial charge in [-0.2, -0.15) is 5.10 Å². The Kier molecular flexibility index (Phi) is 8.14. The molecule has 4 rings (SSSR count). The first-order valence-electron chi connectivity index (χ1n) is 11.3. The molecule has 0 aliphatic heterocycles. The summed E-state index contributed by atoms with van der Waals surface area (Å²) in [5.41, 5.74) is 5.98. The number of thiophene rings is 1. The maximum absolute atomic E-state index is 12.7. The van der Waals surface area contributed by atoms with Crippen molar-refractivity contribution in [3.8, 4) is 0 Å². The highest BCUT2D eigenvalue weighted by Gasteiger charge is 2.19.